The number of halogens is 2. The van der Waals surface area contributed by atoms with Crippen LogP contribution in [0, 0.1) is 0 Å². The summed E-state index contributed by atoms with van der Waals surface area (Å²) < 4.78 is 2.88. The summed E-state index contributed by atoms with van der Waals surface area (Å²) in [5.74, 6) is 0. The number of pyridine rings is 1. The van der Waals surface area contributed by atoms with Crippen molar-refractivity contribution in [3.63, 3.8) is 0 Å². The zero-order chi connectivity index (χ0) is 9.26. The van der Waals surface area contributed by atoms with Gasteiger partial charge >= 0.3 is 0 Å². The Labute approximate surface area is 91.3 Å². The molecule has 2 aromatic rings. The lowest BCUT2D eigenvalue weighted by atomic mass is 10.4. The van der Waals surface area contributed by atoms with Crippen LogP contribution in [0.4, 0.5) is 0 Å². The van der Waals surface area contributed by atoms with Gasteiger partial charge in [0.25, 0.3) is 0 Å². The Balaban J connectivity index is 2.53. The molecule has 66 valence electrons. The molecule has 0 aliphatic rings. The minimum absolute atomic E-state index is 0.552. The van der Waals surface area contributed by atoms with Gasteiger partial charge in [-0.25, -0.2) is 4.68 Å². The molecule has 4 nitrogen and oxygen atoms in total. The Morgan fingerprint density at radius 3 is 2.38 bits per heavy atom. The average Bonchev–Trinajstić information content (AvgIpc) is 2.47. The summed E-state index contributed by atoms with van der Waals surface area (Å²) in [5, 5.41) is 4.13. The third-order valence-electron chi connectivity index (χ3n) is 1.45. The van der Waals surface area contributed by atoms with E-state index >= 15 is 0 Å². The number of hydrogen-bond acceptors (Lipinski definition) is 3. The van der Waals surface area contributed by atoms with E-state index in [9.17, 15) is 0 Å². The van der Waals surface area contributed by atoms with Crippen LogP contribution in [0.15, 0.2) is 34.0 Å². The van der Waals surface area contributed by atoms with Gasteiger partial charge in [-0.1, -0.05) is 0 Å². The van der Waals surface area contributed by atoms with Gasteiger partial charge in [-0.3, -0.25) is 4.98 Å². The summed E-state index contributed by atoms with van der Waals surface area (Å²) >= 11 is 6.48. The molecule has 0 fully saturated rings. The van der Waals surface area contributed by atoms with Crippen LogP contribution in [0.5, 0.6) is 0 Å². The summed E-state index contributed by atoms with van der Waals surface area (Å²) in [6, 6.07) is 3.71. The fourth-order valence-electron chi connectivity index (χ4n) is 0.919. The molecule has 13 heavy (non-hydrogen) atoms. The molecule has 0 aliphatic heterocycles. The highest BCUT2D eigenvalue weighted by Crippen LogP contribution is 2.15. The molecule has 0 saturated carbocycles. The summed E-state index contributed by atoms with van der Waals surface area (Å²) in [5.41, 5.74) is 0.917. The van der Waals surface area contributed by atoms with E-state index in [0.717, 1.165) is 5.69 Å². The maximum absolute atomic E-state index is 4.13. The third kappa shape index (κ3) is 1.78. The molecule has 0 aromatic carbocycles. The zero-order valence-corrected chi connectivity index (χ0v) is 9.53. The van der Waals surface area contributed by atoms with Gasteiger partial charge < -0.3 is 0 Å². The van der Waals surface area contributed by atoms with Gasteiger partial charge in [0, 0.05) is 12.4 Å². The smallest absolute Gasteiger partial charge is 0.218 e. The van der Waals surface area contributed by atoms with Gasteiger partial charge in [-0.2, -0.15) is 4.98 Å². The van der Waals surface area contributed by atoms with Crippen molar-refractivity contribution in [1.82, 2.24) is 19.7 Å². The molecule has 0 bridgehead atoms. The van der Waals surface area contributed by atoms with E-state index in [1.165, 1.54) is 0 Å². The Hall–Kier alpha value is -0.750. The first-order chi connectivity index (χ1) is 6.27. The lowest BCUT2D eigenvalue weighted by molar-refractivity contribution is 0.847. The Bertz CT molecular complexity index is 412. The van der Waals surface area contributed by atoms with Crippen molar-refractivity contribution < 1.29 is 0 Å². The number of nitrogens with zero attached hydrogens (tertiary/aromatic N) is 4. The summed E-state index contributed by atoms with van der Waals surface area (Å²) in [6.45, 7) is 0. The number of hydrogen-bond donors (Lipinski definition) is 0. The quantitative estimate of drug-likeness (QED) is 0.811. The van der Waals surface area contributed by atoms with E-state index < -0.39 is 0 Å². The number of aromatic nitrogens is 4. The molecule has 0 amide bonds. The minimum atomic E-state index is 0.552. The van der Waals surface area contributed by atoms with Crippen LogP contribution < -0.4 is 0 Å². The van der Waals surface area contributed by atoms with Gasteiger partial charge in [0.15, 0.2) is 0 Å². The summed E-state index contributed by atoms with van der Waals surface area (Å²) in [6.07, 6.45) is 3.41. The fourth-order valence-corrected chi connectivity index (χ4v) is 1.94. The topological polar surface area (TPSA) is 43.6 Å². The maximum atomic E-state index is 4.13. The SMILES string of the molecule is Brc1nc(Br)n(-c2ccncc2)n1. The highest BCUT2D eigenvalue weighted by Gasteiger charge is 2.05. The van der Waals surface area contributed by atoms with E-state index in [4.69, 9.17) is 0 Å². The molecule has 6 heteroatoms. The van der Waals surface area contributed by atoms with Gasteiger partial charge in [0.1, 0.15) is 0 Å². The van der Waals surface area contributed by atoms with Gasteiger partial charge in [-0.05, 0) is 44.0 Å². The first kappa shape index (κ1) is 8.83. The van der Waals surface area contributed by atoms with Crippen LogP contribution in [-0.2, 0) is 0 Å². The molecule has 0 saturated heterocycles. The van der Waals surface area contributed by atoms with Crippen LogP contribution in [-0.4, -0.2) is 19.7 Å². The predicted octanol–water partition coefficient (Wildman–Crippen LogP) is 2.19. The van der Waals surface area contributed by atoms with E-state index in [1.807, 2.05) is 12.1 Å². The molecular formula is C7H4Br2N4. The van der Waals surface area contributed by atoms with Crippen molar-refractivity contribution in [1.29, 1.82) is 0 Å². The first-order valence-electron chi connectivity index (χ1n) is 3.46. The molecule has 0 radical (unpaired) electrons. The molecule has 0 aliphatic carbocycles. The predicted molar refractivity (Wildman–Crippen MR) is 54.6 cm³/mol. The summed E-state index contributed by atoms with van der Waals surface area (Å²) in [7, 11) is 0. The normalized spacial score (nSPS) is 10.3. The Morgan fingerprint density at radius 1 is 1.15 bits per heavy atom. The fraction of sp³-hybridized carbons (Fsp3) is 0. The second-order valence-electron chi connectivity index (χ2n) is 2.27. The van der Waals surface area contributed by atoms with E-state index in [1.54, 1.807) is 17.1 Å². The van der Waals surface area contributed by atoms with Gasteiger partial charge in [0.2, 0.25) is 9.47 Å². The monoisotopic (exact) mass is 302 g/mol. The Morgan fingerprint density at radius 2 is 1.85 bits per heavy atom. The van der Waals surface area contributed by atoms with Crippen LogP contribution in [0.2, 0.25) is 0 Å². The highest BCUT2D eigenvalue weighted by molar-refractivity contribution is 9.11. The molecule has 2 rings (SSSR count). The molecule has 2 heterocycles. The zero-order valence-electron chi connectivity index (χ0n) is 6.35. The van der Waals surface area contributed by atoms with Crippen LogP contribution in [0.25, 0.3) is 5.69 Å². The molecule has 0 unspecified atom stereocenters. The number of rotatable bonds is 1. The second-order valence-corrected chi connectivity index (χ2v) is 3.69. The minimum Gasteiger partial charge on any atom is -0.265 e. The van der Waals surface area contributed by atoms with Crippen molar-refractivity contribution in [3.05, 3.63) is 34.0 Å². The van der Waals surface area contributed by atoms with Crippen molar-refractivity contribution in [2.24, 2.45) is 0 Å². The van der Waals surface area contributed by atoms with E-state index in [-0.39, 0.29) is 0 Å². The first-order valence-corrected chi connectivity index (χ1v) is 5.04. The van der Waals surface area contributed by atoms with Gasteiger partial charge in [0.05, 0.1) is 5.69 Å². The molecule has 0 atom stereocenters. The highest BCUT2D eigenvalue weighted by atomic mass is 79.9. The maximum Gasteiger partial charge on any atom is 0.218 e. The lowest BCUT2D eigenvalue weighted by Crippen LogP contribution is -1.96. The molecule has 0 N–H and O–H groups in total. The largest absolute Gasteiger partial charge is 0.265 e. The lowest BCUT2D eigenvalue weighted by Gasteiger charge is -1.98. The molecular weight excluding hydrogens is 300 g/mol. The van der Waals surface area contributed by atoms with Crippen molar-refractivity contribution in [2.75, 3.05) is 0 Å². The van der Waals surface area contributed by atoms with Crippen molar-refractivity contribution in [3.8, 4) is 5.69 Å². The van der Waals surface area contributed by atoms with Crippen LogP contribution >= 0.6 is 31.9 Å². The standard InChI is InChI=1S/C7H4Br2N4/c8-6-11-7(9)13(12-6)5-1-3-10-4-2-5/h1-4H. The second kappa shape index (κ2) is 3.55. The van der Waals surface area contributed by atoms with Crippen molar-refractivity contribution >= 4 is 31.9 Å². The summed E-state index contributed by atoms with van der Waals surface area (Å²) in [4.78, 5) is 7.97. The van der Waals surface area contributed by atoms with Crippen molar-refractivity contribution in [2.45, 2.75) is 0 Å². The molecule has 2 aromatic heterocycles. The van der Waals surface area contributed by atoms with Crippen LogP contribution in [0.1, 0.15) is 0 Å². The van der Waals surface area contributed by atoms with Gasteiger partial charge in [-0.15, -0.1) is 5.10 Å². The average molecular weight is 304 g/mol. The van der Waals surface area contributed by atoms with E-state index in [2.05, 4.69) is 46.9 Å². The molecule has 0 spiro atoms. The third-order valence-corrected chi connectivity index (χ3v) is 2.30. The van der Waals surface area contributed by atoms with E-state index in [0.29, 0.717) is 9.47 Å². The van der Waals surface area contributed by atoms with Crippen LogP contribution in [0.3, 0.4) is 0 Å². The Kier molecular flexibility index (Phi) is 2.41.